The van der Waals surface area contributed by atoms with E-state index in [0.717, 1.165) is 36.1 Å². The standard InChI is InChI=1S/C18H23ClN4/c1-3-21-18(23-13-15-4-6-17(19)7-5-15)22-11-9-16-8-10-20-12-14(16)2/h4-8,10,12H,3,9,11,13H2,1-2H3,(H2,21,22,23). The van der Waals surface area contributed by atoms with Crippen molar-refractivity contribution in [3.63, 3.8) is 0 Å². The van der Waals surface area contributed by atoms with Gasteiger partial charge in [-0.3, -0.25) is 4.98 Å². The minimum absolute atomic E-state index is 0.626. The molecule has 0 aliphatic carbocycles. The van der Waals surface area contributed by atoms with Gasteiger partial charge in [0.25, 0.3) is 0 Å². The van der Waals surface area contributed by atoms with Crippen LogP contribution in [0.5, 0.6) is 0 Å². The summed E-state index contributed by atoms with van der Waals surface area (Å²) < 4.78 is 0. The van der Waals surface area contributed by atoms with Crippen LogP contribution in [-0.4, -0.2) is 24.0 Å². The van der Waals surface area contributed by atoms with Gasteiger partial charge in [-0.2, -0.15) is 0 Å². The van der Waals surface area contributed by atoms with Crippen LogP contribution in [0.25, 0.3) is 0 Å². The smallest absolute Gasteiger partial charge is 0.191 e. The van der Waals surface area contributed by atoms with Gasteiger partial charge in [-0.1, -0.05) is 23.7 Å². The quantitative estimate of drug-likeness (QED) is 0.631. The number of aryl methyl sites for hydroxylation is 1. The summed E-state index contributed by atoms with van der Waals surface area (Å²) in [7, 11) is 0. The first-order chi connectivity index (χ1) is 11.2. The lowest BCUT2D eigenvalue weighted by Gasteiger charge is -2.12. The van der Waals surface area contributed by atoms with Crippen LogP contribution in [0, 0.1) is 6.92 Å². The normalized spacial score (nSPS) is 11.3. The van der Waals surface area contributed by atoms with E-state index in [9.17, 15) is 0 Å². The van der Waals surface area contributed by atoms with Crippen LogP contribution in [0.15, 0.2) is 47.7 Å². The molecule has 0 unspecified atom stereocenters. The summed E-state index contributed by atoms with van der Waals surface area (Å²) in [6.07, 6.45) is 4.68. The zero-order valence-corrected chi connectivity index (χ0v) is 14.4. The van der Waals surface area contributed by atoms with E-state index in [4.69, 9.17) is 11.6 Å². The molecule has 2 rings (SSSR count). The van der Waals surface area contributed by atoms with E-state index >= 15 is 0 Å². The lowest BCUT2D eigenvalue weighted by molar-refractivity contribution is 0.796. The van der Waals surface area contributed by atoms with Crippen LogP contribution in [0.4, 0.5) is 0 Å². The maximum atomic E-state index is 5.90. The second-order valence-corrected chi connectivity index (χ2v) is 5.74. The molecule has 0 aliphatic heterocycles. The number of rotatable bonds is 6. The molecule has 23 heavy (non-hydrogen) atoms. The molecule has 4 nitrogen and oxygen atoms in total. The van der Waals surface area contributed by atoms with Crippen molar-refractivity contribution in [1.29, 1.82) is 0 Å². The Morgan fingerprint density at radius 1 is 1.17 bits per heavy atom. The Morgan fingerprint density at radius 3 is 2.65 bits per heavy atom. The van der Waals surface area contributed by atoms with Gasteiger partial charge in [0.1, 0.15) is 0 Å². The molecular weight excluding hydrogens is 308 g/mol. The van der Waals surface area contributed by atoms with Crippen LogP contribution < -0.4 is 10.6 Å². The number of hydrogen-bond acceptors (Lipinski definition) is 2. The van der Waals surface area contributed by atoms with Crippen molar-refractivity contribution < 1.29 is 0 Å². The fourth-order valence-electron chi connectivity index (χ4n) is 2.20. The number of nitrogens with zero attached hydrogens (tertiary/aromatic N) is 2. The second-order valence-electron chi connectivity index (χ2n) is 5.30. The van der Waals surface area contributed by atoms with Crippen LogP contribution >= 0.6 is 11.6 Å². The third-order valence-corrected chi connectivity index (χ3v) is 3.75. The van der Waals surface area contributed by atoms with Crippen LogP contribution in [0.3, 0.4) is 0 Å². The summed E-state index contributed by atoms with van der Waals surface area (Å²) in [6.45, 7) is 6.44. The number of aliphatic imine (C=N–C) groups is 1. The summed E-state index contributed by atoms with van der Waals surface area (Å²) >= 11 is 5.90. The molecule has 0 saturated carbocycles. The molecule has 2 aromatic rings. The first-order valence-corrected chi connectivity index (χ1v) is 8.23. The summed E-state index contributed by atoms with van der Waals surface area (Å²) in [4.78, 5) is 8.73. The largest absolute Gasteiger partial charge is 0.357 e. The minimum atomic E-state index is 0.626. The van der Waals surface area contributed by atoms with E-state index in [1.165, 1.54) is 11.1 Å². The van der Waals surface area contributed by atoms with Crippen LogP contribution in [-0.2, 0) is 13.0 Å². The van der Waals surface area contributed by atoms with Crippen LogP contribution in [0.2, 0.25) is 5.02 Å². The van der Waals surface area contributed by atoms with Crippen LogP contribution in [0.1, 0.15) is 23.6 Å². The fourth-order valence-corrected chi connectivity index (χ4v) is 2.33. The molecule has 0 radical (unpaired) electrons. The molecule has 0 spiro atoms. The van der Waals surface area contributed by atoms with E-state index in [2.05, 4.69) is 40.5 Å². The van der Waals surface area contributed by atoms with Gasteiger partial charge in [0.05, 0.1) is 6.54 Å². The molecule has 0 aliphatic rings. The van der Waals surface area contributed by atoms with E-state index in [0.29, 0.717) is 6.54 Å². The topological polar surface area (TPSA) is 49.3 Å². The zero-order chi connectivity index (χ0) is 16.5. The molecule has 0 fully saturated rings. The number of halogens is 1. The number of guanidine groups is 1. The Morgan fingerprint density at radius 2 is 1.96 bits per heavy atom. The van der Waals surface area contributed by atoms with Crippen molar-refractivity contribution >= 4 is 17.6 Å². The van der Waals surface area contributed by atoms with Crippen molar-refractivity contribution in [3.05, 3.63) is 64.4 Å². The van der Waals surface area contributed by atoms with E-state index in [1.54, 1.807) is 0 Å². The summed E-state index contributed by atoms with van der Waals surface area (Å²) in [5.74, 6) is 0.828. The van der Waals surface area contributed by atoms with Gasteiger partial charge < -0.3 is 10.6 Å². The van der Waals surface area contributed by atoms with E-state index < -0.39 is 0 Å². The fraction of sp³-hybridized carbons (Fsp3) is 0.333. The molecule has 0 amide bonds. The summed E-state index contributed by atoms with van der Waals surface area (Å²) in [6, 6.07) is 9.83. The van der Waals surface area contributed by atoms with Gasteiger partial charge in [-0.25, -0.2) is 4.99 Å². The molecule has 0 bridgehead atoms. The van der Waals surface area contributed by atoms with Crippen molar-refractivity contribution in [2.75, 3.05) is 13.1 Å². The molecule has 0 saturated heterocycles. The van der Waals surface area contributed by atoms with Gasteiger partial charge in [0.2, 0.25) is 0 Å². The molecular formula is C18H23ClN4. The highest BCUT2D eigenvalue weighted by atomic mass is 35.5. The third-order valence-electron chi connectivity index (χ3n) is 3.50. The molecule has 1 heterocycles. The number of pyridine rings is 1. The number of benzene rings is 1. The Balaban J connectivity index is 1.89. The molecule has 1 aromatic heterocycles. The molecule has 0 atom stereocenters. The highest BCUT2D eigenvalue weighted by molar-refractivity contribution is 6.30. The molecule has 1 aromatic carbocycles. The maximum absolute atomic E-state index is 5.90. The van der Waals surface area contributed by atoms with E-state index in [-0.39, 0.29) is 0 Å². The average Bonchev–Trinajstić information content (AvgIpc) is 2.56. The van der Waals surface area contributed by atoms with Crippen molar-refractivity contribution in [3.8, 4) is 0 Å². The molecule has 5 heteroatoms. The Bertz CT molecular complexity index is 638. The first-order valence-electron chi connectivity index (χ1n) is 7.85. The maximum Gasteiger partial charge on any atom is 0.191 e. The third kappa shape index (κ3) is 5.91. The van der Waals surface area contributed by atoms with E-state index in [1.807, 2.05) is 36.7 Å². The highest BCUT2D eigenvalue weighted by Crippen LogP contribution is 2.10. The first kappa shape index (κ1) is 17.3. The summed E-state index contributed by atoms with van der Waals surface area (Å²) in [5.41, 5.74) is 3.66. The number of nitrogens with one attached hydrogen (secondary N) is 2. The lowest BCUT2D eigenvalue weighted by Crippen LogP contribution is -2.38. The Kier molecular flexibility index (Phi) is 6.88. The van der Waals surface area contributed by atoms with Gasteiger partial charge >= 0.3 is 0 Å². The van der Waals surface area contributed by atoms with Gasteiger partial charge in [-0.05, 0) is 55.2 Å². The zero-order valence-electron chi connectivity index (χ0n) is 13.6. The van der Waals surface area contributed by atoms with Gasteiger partial charge in [0.15, 0.2) is 5.96 Å². The second kappa shape index (κ2) is 9.16. The van der Waals surface area contributed by atoms with Gasteiger partial charge in [-0.15, -0.1) is 0 Å². The summed E-state index contributed by atoms with van der Waals surface area (Å²) in [5, 5.41) is 7.38. The SMILES string of the molecule is CCNC(=NCc1ccc(Cl)cc1)NCCc1ccncc1C. The minimum Gasteiger partial charge on any atom is -0.357 e. The highest BCUT2D eigenvalue weighted by Gasteiger charge is 2.00. The Hall–Kier alpha value is -2.07. The lowest BCUT2D eigenvalue weighted by atomic mass is 10.1. The van der Waals surface area contributed by atoms with Gasteiger partial charge in [0, 0.05) is 30.5 Å². The molecule has 2 N–H and O–H groups in total. The van der Waals surface area contributed by atoms with Crippen molar-refractivity contribution in [2.45, 2.75) is 26.8 Å². The average molecular weight is 331 g/mol. The number of hydrogen-bond donors (Lipinski definition) is 2. The molecule has 122 valence electrons. The predicted octanol–water partition coefficient (Wildman–Crippen LogP) is 3.34. The van der Waals surface area contributed by atoms with Crippen molar-refractivity contribution in [1.82, 2.24) is 15.6 Å². The monoisotopic (exact) mass is 330 g/mol. The Labute approximate surface area is 143 Å². The van der Waals surface area contributed by atoms with Crippen molar-refractivity contribution in [2.24, 2.45) is 4.99 Å². The predicted molar refractivity (Wildman–Crippen MR) is 96.9 cm³/mol. The number of aromatic nitrogens is 1.